The van der Waals surface area contributed by atoms with E-state index in [1.54, 1.807) is 21.1 Å². The first-order valence-electron chi connectivity index (χ1n) is 5.17. The molecule has 0 aromatic heterocycles. The molecule has 0 aliphatic heterocycles. The lowest BCUT2D eigenvalue weighted by atomic mass is 10.1. The van der Waals surface area contributed by atoms with Crippen LogP contribution in [0.2, 0.25) is 0 Å². The number of aryl methyl sites for hydroxylation is 1. The van der Waals surface area contributed by atoms with E-state index in [1.807, 2.05) is 12.1 Å². The molecule has 0 fully saturated rings. The van der Waals surface area contributed by atoms with E-state index in [9.17, 15) is 5.11 Å². The molecular weight excluding hydrogens is 272 g/mol. The van der Waals surface area contributed by atoms with Crippen molar-refractivity contribution in [3.63, 3.8) is 0 Å². The lowest BCUT2D eigenvalue weighted by Crippen LogP contribution is -2.02. The zero-order chi connectivity index (χ0) is 12.1. The molecule has 1 unspecified atom stereocenters. The highest BCUT2D eigenvalue weighted by molar-refractivity contribution is 9.10. The summed E-state index contributed by atoms with van der Waals surface area (Å²) in [5, 5.41) is 9.26. The van der Waals surface area contributed by atoms with Crippen LogP contribution in [-0.4, -0.2) is 25.4 Å². The van der Waals surface area contributed by atoms with Crippen molar-refractivity contribution in [2.75, 3.05) is 14.2 Å². The van der Waals surface area contributed by atoms with Crippen LogP contribution in [0.5, 0.6) is 11.5 Å². The molecule has 1 rings (SSSR count). The lowest BCUT2D eigenvalue weighted by Gasteiger charge is -2.12. The van der Waals surface area contributed by atoms with Gasteiger partial charge in [0.1, 0.15) is 0 Å². The predicted molar refractivity (Wildman–Crippen MR) is 67.2 cm³/mol. The van der Waals surface area contributed by atoms with E-state index in [2.05, 4.69) is 15.9 Å². The topological polar surface area (TPSA) is 38.7 Å². The van der Waals surface area contributed by atoms with Crippen LogP contribution in [0.3, 0.4) is 0 Å². The first kappa shape index (κ1) is 13.3. The van der Waals surface area contributed by atoms with Crippen molar-refractivity contribution in [1.82, 2.24) is 0 Å². The van der Waals surface area contributed by atoms with Crippen molar-refractivity contribution in [3.05, 3.63) is 22.2 Å². The van der Waals surface area contributed by atoms with Crippen molar-refractivity contribution < 1.29 is 14.6 Å². The largest absolute Gasteiger partial charge is 0.493 e. The van der Waals surface area contributed by atoms with Crippen molar-refractivity contribution in [1.29, 1.82) is 0 Å². The molecule has 0 saturated carbocycles. The SMILES string of the molecule is COc1cc(Br)c(CCC(C)O)cc1OC. The van der Waals surface area contributed by atoms with Gasteiger partial charge in [-0.3, -0.25) is 0 Å². The molecular formula is C12H17BrO3. The Kier molecular flexibility index (Phi) is 5.09. The van der Waals surface area contributed by atoms with E-state index in [1.165, 1.54) is 0 Å². The predicted octanol–water partition coefficient (Wildman–Crippen LogP) is 2.78. The Hall–Kier alpha value is -0.740. The van der Waals surface area contributed by atoms with Gasteiger partial charge in [0.05, 0.1) is 20.3 Å². The highest BCUT2D eigenvalue weighted by atomic mass is 79.9. The third-order valence-corrected chi connectivity index (χ3v) is 3.12. The first-order chi connectivity index (χ1) is 7.58. The van der Waals surface area contributed by atoms with Crippen LogP contribution in [0.1, 0.15) is 18.9 Å². The summed E-state index contributed by atoms with van der Waals surface area (Å²) < 4.78 is 11.4. The summed E-state index contributed by atoms with van der Waals surface area (Å²) in [6.07, 6.45) is 1.24. The van der Waals surface area contributed by atoms with Gasteiger partial charge in [0.25, 0.3) is 0 Å². The number of aliphatic hydroxyl groups is 1. The fourth-order valence-electron chi connectivity index (χ4n) is 1.45. The molecule has 1 aromatic carbocycles. The normalized spacial score (nSPS) is 12.3. The minimum Gasteiger partial charge on any atom is -0.493 e. The van der Waals surface area contributed by atoms with Gasteiger partial charge in [-0.1, -0.05) is 15.9 Å². The number of hydrogen-bond acceptors (Lipinski definition) is 3. The maximum atomic E-state index is 9.26. The molecule has 0 aliphatic rings. The van der Waals surface area contributed by atoms with Crippen molar-refractivity contribution >= 4 is 15.9 Å². The van der Waals surface area contributed by atoms with E-state index in [4.69, 9.17) is 9.47 Å². The van der Waals surface area contributed by atoms with Crippen molar-refractivity contribution in [3.8, 4) is 11.5 Å². The summed E-state index contributed by atoms with van der Waals surface area (Å²) in [6.45, 7) is 1.79. The Labute approximate surface area is 105 Å². The Morgan fingerprint density at radius 2 is 1.81 bits per heavy atom. The van der Waals surface area contributed by atoms with Crippen molar-refractivity contribution in [2.24, 2.45) is 0 Å². The molecule has 4 heteroatoms. The average Bonchev–Trinajstić information content (AvgIpc) is 2.26. The number of hydrogen-bond donors (Lipinski definition) is 1. The van der Waals surface area contributed by atoms with Gasteiger partial charge in [0, 0.05) is 4.47 Å². The molecule has 1 N–H and O–H groups in total. The van der Waals surface area contributed by atoms with E-state index in [0.29, 0.717) is 11.5 Å². The highest BCUT2D eigenvalue weighted by Gasteiger charge is 2.10. The molecule has 0 heterocycles. The van der Waals surface area contributed by atoms with Crippen LogP contribution in [0, 0.1) is 0 Å². The third kappa shape index (κ3) is 3.39. The van der Waals surface area contributed by atoms with Crippen molar-refractivity contribution in [2.45, 2.75) is 25.9 Å². The highest BCUT2D eigenvalue weighted by Crippen LogP contribution is 2.33. The summed E-state index contributed by atoms with van der Waals surface area (Å²) in [4.78, 5) is 0. The van der Waals surface area contributed by atoms with E-state index >= 15 is 0 Å². The van der Waals surface area contributed by atoms with E-state index in [0.717, 1.165) is 22.9 Å². The van der Waals surface area contributed by atoms with Gasteiger partial charge in [-0.25, -0.2) is 0 Å². The Morgan fingerprint density at radius 1 is 1.25 bits per heavy atom. The average molecular weight is 289 g/mol. The second-order valence-electron chi connectivity index (χ2n) is 3.69. The third-order valence-electron chi connectivity index (χ3n) is 2.38. The molecule has 1 aromatic rings. The van der Waals surface area contributed by atoms with Gasteiger partial charge in [0.15, 0.2) is 11.5 Å². The maximum absolute atomic E-state index is 9.26. The molecule has 0 radical (unpaired) electrons. The number of halogens is 1. The molecule has 0 aliphatic carbocycles. The summed E-state index contributed by atoms with van der Waals surface area (Å²) >= 11 is 3.48. The standard InChI is InChI=1S/C12H17BrO3/c1-8(14)4-5-9-6-11(15-2)12(16-3)7-10(9)13/h6-8,14H,4-5H2,1-3H3. The zero-order valence-electron chi connectivity index (χ0n) is 9.79. The van der Waals surface area contributed by atoms with Gasteiger partial charge >= 0.3 is 0 Å². The number of rotatable bonds is 5. The summed E-state index contributed by atoms with van der Waals surface area (Å²) in [5.41, 5.74) is 1.11. The summed E-state index contributed by atoms with van der Waals surface area (Å²) in [7, 11) is 3.23. The molecule has 3 nitrogen and oxygen atoms in total. The maximum Gasteiger partial charge on any atom is 0.161 e. The van der Waals surface area contributed by atoms with Gasteiger partial charge in [-0.2, -0.15) is 0 Å². The van der Waals surface area contributed by atoms with Crippen LogP contribution in [0.15, 0.2) is 16.6 Å². The molecule has 90 valence electrons. The summed E-state index contributed by atoms with van der Waals surface area (Å²) in [5.74, 6) is 1.42. The monoisotopic (exact) mass is 288 g/mol. The minimum atomic E-state index is -0.292. The van der Waals surface area contributed by atoms with Crippen LogP contribution < -0.4 is 9.47 Å². The molecule has 16 heavy (non-hydrogen) atoms. The second kappa shape index (κ2) is 6.11. The van der Waals surface area contributed by atoms with Gasteiger partial charge in [-0.15, -0.1) is 0 Å². The number of aliphatic hydroxyl groups excluding tert-OH is 1. The van der Waals surface area contributed by atoms with Crippen LogP contribution in [0.4, 0.5) is 0 Å². The molecule has 0 amide bonds. The quantitative estimate of drug-likeness (QED) is 0.906. The lowest BCUT2D eigenvalue weighted by molar-refractivity contribution is 0.185. The molecule has 0 bridgehead atoms. The van der Waals surface area contributed by atoms with E-state index in [-0.39, 0.29) is 6.10 Å². The van der Waals surface area contributed by atoms with Gasteiger partial charge < -0.3 is 14.6 Å². The smallest absolute Gasteiger partial charge is 0.161 e. The number of ether oxygens (including phenoxy) is 2. The van der Waals surface area contributed by atoms with Gasteiger partial charge in [-0.05, 0) is 37.5 Å². The fraction of sp³-hybridized carbons (Fsp3) is 0.500. The second-order valence-corrected chi connectivity index (χ2v) is 4.54. The molecule has 0 spiro atoms. The Balaban J connectivity index is 2.92. The summed E-state index contributed by atoms with van der Waals surface area (Å²) in [6, 6.07) is 3.82. The fourth-order valence-corrected chi connectivity index (χ4v) is 1.97. The Morgan fingerprint density at radius 3 is 2.31 bits per heavy atom. The molecule has 1 atom stereocenters. The van der Waals surface area contributed by atoms with Crippen LogP contribution in [0.25, 0.3) is 0 Å². The van der Waals surface area contributed by atoms with Gasteiger partial charge in [0.2, 0.25) is 0 Å². The first-order valence-corrected chi connectivity index (χ1v) is 5.96. The van der Waals surface area contributed by atoms with Crippen LogP contribution >= 0.6 is 15.9 Å². The molecule has 0 saturated heterocycles. The Bertz CT molecular complexity index is 350. The zero-order valence-corrected chi connectivity index (χ0v) is 11.4. The minimum absolute atomic E-state index is 0.292. The number of methoxy groups -OCH3 is 2. The number of benzene rings is 1. The van der Waals surface area contributed by atoms with Crippen LogP contribution in [-0.2, 0) is 6.42 Å². The van der Waals surface area contributed by atoms with E-state index < -0.39 is 0 Å².